The largest absolute Gasteiger partial charge is 0.508 e. The van der Waals surface area contributed by atoms with Crippen LogP contribution >= 0.6 is 0 Å². The molecule has 0 unspecified atom stereocenters. The molecule has 0 saturated heterocycles. The minimum atomic E-state index is -1.89. The Bertz CT molecular complexity index is 3930. The van der Waals surface area contributed by atoms with Gasteiger partial charge in [-0.3, -0.25) is 81.9 Å². The van der Waals surface area contributed by atoms with Gasteiger partial charge in [0.25, 0.3) is 0 Å². The van der Waals surface area contributed by atoms with Crippen molar-refractivity contribution >= 4 is 101 Å². The summed E-state index contributed by atoms with van der Waals surface area (Å²) in [6, 6.07) is -6.78. The topological polar surface area (TPSA) is 758 Å². The fourth-order valence-corrected chi connectivity index (χ4v) is 13.2. The number of aliphatic imine (C=N–C) groups is 2. The van der Waals surface area contributed by atoms with Gasteiger partial charge in [-0.15, -0.1) is 0 Å². The average Bonchev–Trinajstić information content (AvgIpc) is 0.824. The van der Waals surface area contributed by atoms with E-state index in [-0.39, 0.29) is 157 Å². The standard InChI is InChI=1S/C84H145N25O18/c1-45(2)40-61(68(90)114)103-77(123)64(44-51-27-31-53(112)32-28-51)106-73(119)56(21-13-16-36-86)98-71(117)57(22-14-17-37-87)101-79(125)66(48(7)8)108-81(127)84(10,11)109-78(124)63(42-47(5)6)105-75(121)60(33-34-65(89)113)100-70(116)55(20-12-15-35-85)97-72(118)58(23-18-38-95-82(91)92)99-76(122)62(41-46(3)4)104-74(120)59(24-19-39-96-83(93)94)102-80(126)67(49(9)110)107-69(115)54(88)43-50-25-29-52(111)30-26-50/h25-32,45-49,54-64,66-67,110-112H,12-24,33-44,85-88H2,1-11H3,(H2,89,113)(H2,90,114)(H,97,118)(H,98,117)(H,99,122)(H,100,116)(H,101,125)(H,102,126)(H,103,123)(H,104,120)(H,105,121)(H,106,119)(H,107,115)(H,108,127)(H,109,124)(H4,91,92,95)(H4,93,94,96)/t49-,54+,55+,56+,57+,58+,59+,60+,61+,62+,63+,64+,66+,67+/m1/s1. The van der Waals surface area contributed by atoms with E-state index in [1.165, 1.54) is 57.2 Å². The van der Waals surface area contributed by atoms with Crippen LogP contribution in [0.25, 0.3) is 0 Å². The molecule has 0 aromatic heterocycles. The van der Waals surface area contributed by atoms with E-state index in [2.05, 4.69) is 79.1 Å². The van der Waals surface area contributed by atoms with Gasteiger partial charge in [-0.1, -0.05) is 79.7 Å². The molecule has 0 aliphatic rings. The van der Waals surface area contributed by atoms with Gasteiger partial charge in [-0.25, -0.2) is 0 Å². The zero-order valence-electron chi connectivity index (χ0n) is 75.3. The summed E-state index contributed by atoms with van der Waals surface area (Å²) in [7, 11) is 0. The monoisotopic (exact) mass is 1790 g/mol. The zero-order valence-corrected chi connectivity index (χ0v) is 75.3. The van der Waals surface area contributed by atoms with Crippen LogP contribution in [0.1, 0.15) is 203 Å². The number of benzene rings is 2. The molecule has 2 rings (SSSR count). The van der Waals surface area contributed by atoms with E-state index in [4.69, 9.17) is 57.3 Å². The lowest BCUT2D eigenvalue weighted by molar-refractivity contribution is -0.138. The molecule has 0 radical (unpaired) electrons. The molecule has 0 aliphatic carbocycles. The van der Waals surface area contributed by atoms with E-state index in [0.29, 0.717) is 43.2 Å². The number of primary amides is 2. The number of hydrogen-bond acceptors (Lipinski definition) is 24. The van der Waals surface area contributed by atoms with Crippen LogP contribution < -0.4 is 126 Å². The van der Waals surface area contributed by atoms with E-state index in [9.17, 15) is 87.2 Å². The van der Waals surface area contributed by atoms with Crippen molar-refractivity contribution in [1.82, 2.24) is 69.1 Å². The quantitative estimate of drug-likeness (QED) is 0.0168. The highest BCUT2D eigenvalue weighted by Crippen LogP contribution is 2.19. The highest BCUT2D eigenvalue weighted by Gasteiger charge is 2.41. The van der Waals surface area contributed by atoms with Crippen LogP contribution in [-0.4, -0.2) is 239 Å². The molecule has 0 fully saturated rings. The first-order valence-electron chi connectivity index (χ1n) is 43.4. The summed E-state index contributed by atoms with van der Waals surface area (Å²) in [5.74, 6) is -15.5. The number of phenols is 2. The fourth-order valence-electron chi connectivity index (χ4n) is 13.2. The Morgan fingerprint density at radius 2 is 0.661 bits per heavy atom. The third-order valence-electron chi connectivity index (χ3n) is 20.3. The van der Waals surface area contributed by atoms with Crippen LogP contribution in [0.5, 0.6) is 11.5 Å². The molecule has 15 amide bonds. The molecule has 0 heterocycles. The smallest absolute Gasteiger partial charge is 0.245 e. The SMILES string of the molecule is CC(C)C[C@H](NC(=O)[C@H](Cc1ccc(O)cc1)NC(=O)[C@H](CCCCN)NC(=O)[C@H](CCCCN)NC(=O)[C@@H](NC(=O)C(C)(C)NC(=O)[C@H](CC(C)C)NC(=O)[C@H](CCC(N)=O)NC(=O)[C@H](CCCCN)NC(=O)[C@H](CCCN=C(N)N)NC(=O)[C@H](CC(C)C)NC(=O)[C@H](CCCN=C(N)N)NC(=O)[C@@H](NC(=O)[C@@H](N)Cc1ccc(O)cc1)[C@@H](C)O)C(C)C)C(N)=O. The van der Waals surface area contributed by atoms with Gasteiger partial charge >= 0.3 is 0 Å². The number of carbonyl (C=O) groups is 15. The van der Waals surface area contributed by atoms with E-state index in [0.717, 1.165) is 0 Å². The van der Waals surface area contributed by atoms with Crippen LogP contribution in [0.4, 0.5) is 0 Å². The zero-order chi connectivity index (χ0) is 96.0. The average molecular weight is 1790 g/mol. The number of hydrogen-bond donors (Lipinski definition) is 26. The molecule has 36 N–H and O–H groups in total. The number of unbranched alkanes of at least 4 members (excludes halogenated alkanes) is 3. The maximum absolute atomic E-state index is 14.8. The van der Waals surface area contributed by atoms with Crippen LogP contribution in [0, 0.1) is 23.7 Å². The first-order chi connectivity index (χ1) is 59.6. The van der Waals surface area contributed by atoms with Gasteiger partial charge in [0.1, 0.15) is 89.5 Å². The fraction of sp³-hybridized carbons (Fsp3) is 0.655. The van der Waals surface area contributed by atoms with Crippen LogP contribution in [0.3, 0.4) is 0 Å². The molecule has 43 heteroatoms. The Balaban J connectivity index is 2.57. The summed E-state index contributed by atoms with van der Waals surface area (Å²) in [5.41, 5.74) is 56.6. The lowest BCUT2D eigenvalue weighted by atomic mass is 9.97. The molecule has 714 valence electrons. The van der Waals surface area contributed by atoms with Crippen molar-refractivity contribution in [3.05, 3.63) is 59.7 Å². The van der Waals surface area contributed by atoms with Gasteiger partial charge < -0.3 is 142 Å². The molecule has 14 atom stereocenters. The first kappa shape index (κ1) is 111. The van der Waals surface area contributed by atoms with Crippen molar-refractivity contribution in [3.8, 4) is 11.5 Å². The molecule has 127 heavy (non-hydrogen) atoms. The summed E-state index contributed by atoms with van der Waals surface area (Å²) in [6.45, 7) is 18.2. The van der Waals surface area contributed by atoms with Crippen molar-refractivity contribution in [2.45, 2.75) is 295 Å². The van der Waals surface area contributed by atoms with Gasteiger partial charge in [-0.05, 0) is 215 Å². The predicted octanol–water partition coefficient (Wildman–Crippen LogP) is -4.66. The van der Waals surface area contributed by atoms with Crippen molar-refractivity contribution in [2.24, 2.45) is 91.0 Å². The summed E-state index contributed by atoms with van der Waals surface area (Å²) in [5, 5.41) is 64.9. The van der Waals surface area contributed by atoms with Crippen LogP contribution in [0.2, 0.25) is 0 Å². The Hall–Kier alpha value is -11.6. The summed E-state index contributed by atoms with van der Waals surface area (Å²) < 4.78 is 0. The molecule has 0 bridgehead atoms. The van der Waals surface area contributed by atoms with Crippen molar-refractivity contribution in [2.75, 3.05) is 32.7 Å². The molecule has 43 nitrogen and oxygen atoms in total. The first-order valence-corrected chi connectivity index (χ1v) is 43.4. The third-order valence-corrected chi connectivity index (χ3v) is 20.3. The number of guanidine groups is 2. The normalized spacial score (nSPS) is 14.7. The lowest BCUT2D eigenvalue weighted by Gasteiger charge is -2.32. The number of nitrogens with two attached hydrogens (primary N) is 10. The number of rotatable bonds is 62. The molecule has 2 aromatic carbocycles. The Morgan fingerprint density at radius 3 is 1.01 bits per heavy atom. The van der Waals surface area contributed by atoms with Gasteiger partial charge in [-0.2, -0.15) is 0 Å². The van der Waals surface area contributed by atoms with Crippen LogP contribution in [-0.2, 0) is 84.8 Å². The summed E-state index contributed by atoms with van der Waals surface area (Å²) >= 11 is 0. The Labute approximate surface area is 743 Å². The number of phenolic OH excluding ortho intramolecular Hbond substituents is 2. The lowest BCUT2D eigenvalue weighted by Crippen LogP contribution is -2.64. The minimum absolute atomic E-state index is 0.00712. The molecule has 0 saturated carbocycles. The summed E-state index contributed by atoms with van der Waals surface area (Å²) in [4.78, 5) is 221. The molecular weight excluding hydrogens is 1650 g/mol. The second-order valence-electron chi connectivity index (χ2n) is 34.0. The van der Waals surface area contributed by atoms with E-state index < -0.39 is 198 Å². The number of aromatic hydroxyl groups is 2. The predicted molar refractivity (Wildman–Crippen MR) is 478 cm³/mol. The Kier molecular flexibility index (Phi) is 50.9. The van der Waals surface area contributed by atoms with E-state index in [1.54, 1.807) is 53.7 Å². The molecule has 2 aromatic rings. The van der Waals surface area contributed by atoms with Gasteiger partial charge in [0.15, 0.2) is 11.9 Å². The number of aliphatic hydroxyl groups is 1. The second-order valence-corrected chi connectivity index (χ2v) is 34.0. The van der Waals surface area contributed by atoms with E-state index in [1.807, 2.05) is 13.8 Å². The number of nitrogens with one attached hydrogen (secondary N) is 13. The van der Waals surface area contributed by atoms with Gasteiger partial charge in [0, 0.05) is 25.9 Å². The Morgan fingerprint density at radius 1 is 0.354 bits per heavy atom. The maximum atomic E-state index is 14.8. The molecular formula is C84H145N25O18. The maximum Gasteiger partial charge on any atom is 0.245 e. The minimum Gasteiger partial charge on any atom is -0.508 e. The number of carbonyl (C=O) groups excluding carboxylic acids is 15. The van der Waals surface area contributed by atoms with Gasteiger partial charge in [0.05, 0.1) is 12.1 Å². The van der Waals surface area contributed by atoms with E-state index >= 15 is 0 Å². The molecule has 0 aliphatic heterocycles. The highest BCUT2D eigenvalue weighted by molar-refractivity contribution is 6.01. The number of nitrogens with zero attached hydrogens (tertiary/aromatic N) is 2. The number of amides is 15. The summed E-state index contributed by atoms with van der Waals surface area (Å²) in [6.07, 6.45) is -1.02. The van der Waals surface area contributed by atoms with Crippen molar-refractivity contribution < 1.29 is 87.2 Å². The van der Waals surface area contributed by atoms with Crippen molar-refractivity contribution in [3.63, 3.8) is 0 Å². The van der Waals surface area contributed by atoms with Crippen molar-refractivity contribution in [1.29, 1.82) is 0 Å². The number of aliphatic hydroxyl groups excluding tert-OH is 1. The molecule has 0 spiro atoms. The van der Waals surface area contributed by atoms with Gasteiger partial charge in [0.2, 0.25) is 88.6 Å². The van der Waals surface area contributed by atoms with Crippen LogP contribution in [0.15, 0.2) is 58.5 Å². The third kappa shape index (κ3) is 43.9. The highest BCUT2D eigenvalue weighted by atomic mass is 16.3. The second kappa shape index (κ2) is 57.9.